The second-order valence-corrected chi connectivity index (χ2v) is 6.37. The zero-order chi connectivity index (χ0) is 12.2. The van der Waals surface area contributed by atoms with E-state index in [4.69, 9.17) is 0 Å². The van der Waals surface area contributed by atoms with E-state index in [1.165, 1.54) is 32.4 Å². The molecule has 0 amide bonds. The van der Waals surface area contributed by atoms with Gasteiger partial charge in [-0.15, -0.1) is 0 Å². The van der Waals surface area contributed by atoms with Gasteiger partial charge in [0.2, 0.25) is 0 Å². The van der Waals surface area contributed by atoms with Gasteiger partial charge in [-0.1, -0.05) is 13.3 Å². The summed E-state index contributed by atoms with van der Waals surface area (Å²) in [4.78, 5) is 2.67. The van der Waals surface area contributed by atoms with Crippen LogP contribution >= 0.6 is 0 Å². The first kappa shape index (κ1) is 14.0. The van der Waals surface area contributed by atoms with Gasteiger partial charge in [-0.25, -0.2) is 0 Å². The number of hydrogen-bond acceptors (Lipinski definition) is 2. The summed E-state index contributed by atoms with van der Waals surface area (Å²) in [5.74, 6) is 0.957. The Morgan fingerprint density at radius 3 is 2.56 bits per heavy atom. The standard InChI is InChI=1S/C14H30N2/c1-6-13-8-10-16(11-13)12(2)7-9-15-14(3,4)5/h12-13,15H,6-11H2,1-5H3. The molecule has 0 saturated carbocycles. The van der Waals surface area contributed by atoms with Crippen LogP contribution in [0.1, 0.15) is 53.9 Å². The van der Waals surface area contributed by atoms with Gasteiger partial charge in [0.1, 0.15) is 0 Å². The summed E-state index contributed by atoms with van der Waals surface area (Å²) in [5.41, 5.74) is 0.261. The van der Waals surface area contributed by atoms with Crippen LogP contribution in [0.3, 0.4) is 0 Å². The first-order valence-corrected chi connectivity index (χ1v) is 6.91. The Kier molecular flexibility index (Phi) is 5.26. The maximum atomic E-state index is 3.57. The molecular formula is C14H30N2. The monoisotopic (exact) mass is 226 g/mol. The van der Waals surface area contributed by atoms with Crippen LogP contribution in [0.25, 0.3) is 0 Å². The molecule has 0 aromatic heterocycles. The minimum absolute atomic E-state index is 0.261. The Bertz CT molecular complexity index is 195. The molecule has 0 bridgehead atoms. The van der Waals surface area contributed by atoms with E-state index in [2.05, 4.69) is 44.8 Å². The molecule has 16 heavy (non-hydrogen) atoms. The van der Waals surface area contributed by atoms with Gasteiger partial charge in [0, 0.05) is 18.1 Å². The van der Waals surface area contributed by atoms with Crippen LogP contribution in [-0.2, 0) is 0 Å². The second-order valence-electron chi connectivity index (χ2n) is 6.37. The Balaban J connectivity index is 2.18. The lowest BCUT2D eigenvalue weighted by atomic mass is 10.1. The van der Waals surface area contributed by atoms with Crippen LogP contribution in [0, 0.1) is 5.92 Å². The zero-order valence-corrected chi connectivity index (χ0v) is 11.8. The van der Waals surface area contributed by atoms with Crippen molar-refractivity contribution < 1.29 is 0 Å². The van der Waals surface area contributed by atoms with Crippen LogP contribution in [0.5, 0.6) is 0 Å². The molecular weight excluding hydrogens is 196 g/mol. The number of rotatable bonds is 5. The molecule has 0 aliphatic carbocycles. The molecule has 1 N–H and O–H groups in total. The molecule has 1 aliphatic heterocycles. The van der Waals surface area contributed by atoms with Crippen molar-refractivity contribution in [2.24, 2.45) is 5.92 Å². The summed E-state index contributed by atoms with van der Waals surface area (Å²) in [6, 6.07) is 0.742. The molecule has 2 atom stereocenters. The Morgan fingerprint density at radius 1 is 1.38 bits per heavy atom. The Morgan fingerprint density at radius 2 is 2.06 bits per heavy atom. The van der Waals surface area contributed by atoms with E-state index in [0.29, 0.717) is 0 Å². The summed E-state index contributed by atoms with van der Waals surface area (Å²) < 4.78 is 0. The van der Waals surface area contributed by atoms with Gasteiger partial charge in [0.05, 0.1) is 0 Å². The second kappa shape index (κ2) is 6.02. The molecule has 96 valence electrons. The van der Waals surface area contributed by atoms with E-state index >= 15 is 0 Å². The lowest BCUT2D eigenvalue weighted by Gasteiger charge is -2.27. The lowest BCUT2D eigenvalue weighted by Crippen LogP contribution is -2.40. The average molecular weight is 226 g/mol. The van der Waals surface area contributed by atoms with Crippen LogP contribution in [0.15, 0.2) is 0 Å². The van der Waals surface area contributed by atoms with Gasteiger partial charge in [0.25, 0.3) is 0 Å². The highest BCUT2D eigenvalue weighted by Gasteiger charge is 2.24. The van der Waals surface area contributed by atoms with Gasteiger partial charge >= 0.3 is 0 Å². The smallest absolute Gasteiger partial charge is 0.00965 e. The SMILES string of the molecule is CCC1CCN(C(C)CCNC(C)(C)C)C1. The highest BCUT2D eigenvalue weighted by atomic mass is 15.2. The van der Waals surface area contributed by atoms with E-state index in [9.17, 15) is 0 Å². The van der Waals surface area contributed by atoms with Crippen molar-refractivity contribution in [1.29, 1.82) is 0 Å². The summed E-state index contributed by atoms with van der Waals surface area (Å²) in [7, 11) is 0. The molecule has 1 aliphatic rings. The number of nitrogens with zero attached hydrogens (tertiary/aromatic N) is 1. The Hall–Kier alpha value is -0.0800. The third-order valence-corrected chi connectivity index (χ3v) is 3.74. The molecule has 2 unspecified atom stereocenters. The van der Waals surface area contributed by atoms with E-state index < -0.39 is 0 Å². The quantitative estimate of drug-likeness (QED) is 0.775. The molecule has 0 radical (unpaired) electrons. The molecule has 1 rings (SSSR count). The summed E-state index contributed by atoms with van der Waals surface area (Å²) in [6.07, 6.45) is 4.03. The summed E-state index contributed by atoms with van der Waals surface area (Å²) >= 11 is 0. The van der Waals surface area contributed by atoms with Crippen LogP contribution in [0.4, 0.5) is 0 Å². The molecule has 2 nitrogen and oxygen atoms in total. The van der Waals surface area contributed by atoms with Crippen molar-refractivity contribution in [3.63, 3.8) is 0 Å². The van der Waals surface area contributed by atoms with Gasteiger partial charge in [-0.2, -0.15) is 0 Å². The Labute approximate surface area is 102 Å². The van der Waals surface area contributed by atoms with E-state index in [1.807, 2.05) is 0 Å². The third kappa shape index (κ3) is 4.84. The molecule has 1 fully saturated rings. The molecule has 1 saturated heterocycles. The maximum Gasteiger partial charge on any atom is 0.00965 e. The molecule has 0 aromatic rings. The van der Waals surface area contributed by atoms with Gasteiger partial charge in [-0.3, -0.25) is 0 Å². The first-order valence-electron chi connectivity index (χ1n) is 6.91. The van der Waals surface area contributed by atoms with Crippen molar-refractivity contribution in [2.75, 3.05) is 19.6 Å². The highest BCUT2D eigenvalue weighted by Crippen LogP contribution is 2.21. The summed E-state index contributed by atoms with van der Waals surface area (Å²) in [5, 5.41) is 3.57. The van der Waals surface area contributed by atoms with Gasteiger partial charge in [0.15, 0.2) is 0 Å². The highest BCUT2D eigenvalue weighted by molar-refractivity contribution is 4.80. The molecule has 1 heterocycles. The van der Waals surface area contributed by atoms with Crippen molar-refractivity contribution in [1.82, 2.24) is 10.2 Å². The topological polar surface area (TPSA) is 15.3 Å². The van der Waals surface area contributed by atoms with Crippen LogP contribution in [0.2, 0.25) is 0 Å². The van der Waals surface area contributed by atoms with Crippen molar-refractivity contribution in [3.05, 3.63) is 0 Å². The van der Waals surface area contributed by atoms with Crippen LogP contribution < -0.4 is 5.32 Å². The minimum Gasteiger partial charge on any atom is -0.312 e. The van der Waals surface area contributed by atoms with Crippen molar-refractivity contribution in [2.45, 2.75) is 65.5 Å². The van der Waals surface area contributed by atoms with E-state index in [1.54, 1.807) is 0 Å². The van der Waals surface area contributed by atoms with Crippen molar-refractivity contribution in [3.8, 4) is 0 Å². The van der Waals surface area contributed by atoms with Crippen LogP contribution in [-0.4, -0.2) is 36.1 Å². The number of likely N-dealkylation sites (tertiary alicyclic amines) is 1. The molecule has 0 spiro atoms. The predicted molar refractivity (Wildman–Crippen MR) is 71.8 cm³/mol. The number of hydrogen-bond donors (Lipinski definition) is 1. The normalized spacial score (nSPS) is 24.9. The van der Waals surface area contributed by atoms with Crippen molar-refractivity contribution >= 4 is 0 Å². The fraction of sp³-hybridized carbons (Fsp3) is 1.00. The van der Waals surface area contributed by atoms with Gasteiger partial charge in [-0.05, 0) is 59.5 Å². The van der Waals surface area contributed by atoms with E-state index in [-0.39, 0.29) is 5.54 Å². The summed E-state index contributed by atoms with van der Waals surface area (Å²) in [6.45, 7) is 15.2. The average Bonchev–Trinajstić information content (AvgIpc) is 2.63. The fourth-order valence-electron chi connectivity index (χ4n) is 2.43. The van der Waals surface area contributed by atoms with E-state index in [0.717, 1.165) is 18.5 Å². The lowest BCUT2D eigenvalue weighted by molar-refractivity contribution is 0.231. The number of nitrogens with one attached hydrogen (secondary N) is 1. The minimum atomic E-state index is 0.261. The first-order chi connectivity index (χ1) is 7.42. The predicted octanol–water partition coefficient (Wildman–Crippen LogP) is 2.89. The van der Waals surface area contributed by atoms with Gasteiger partial charge < -0.3 is 10.2 Å². The molecule has 2 heteroatoms. The largest absolute Gasteiger partial charge is 0.312 e. The third-order valence-electron chi connectivity index (χ3n) is 3.74. The zero-order valence-electron chi connectivity index (χ0n) is 11.8. The molecule has 0 aromatic carbocycles. The maximum absolute atomic E-state index is 3.57. The fourth-order valence-corrected chi connectivity index (χ4v) is 2.43.